The van der Waals surface area contributed by atoms with E-state index >= 15 is 0 Å². The van der Waals surface area contributed by atoms with Crippen LogP contribution < -0.4 is 9.54 Å². The van der Waals surface area contributed by atoms with Crippen LogP contribution in [0.5, 0.6) is 5.75 Å². The van der Waals surface area contributed by atoms with Crippen LogP contribution in [0.1, 0.15) is 73.7 Å². The number of hydrogen-bond donors (Lipinski definition) is 1. The van der Waals surface area contributed by atoms with Crippen LogP contribution in [0.25, 0.3) is 0 Å². The maximum atomic E-state index is 13.6. The average Bonchev–Trinajstić information content (AvgIpc) is 3.52. The van der Waals surface area contributed by atoms with Crippen LogP contribution >= 0.6 is 11.3 Å². The van der Waals surface area contributed by atoms with Gasteiger partial charge in [0.05, 0.1) is 29.8 Å². The molecule has 12 heteroatoms. The molecular formula is C27H34F3N3O5S. The fourth-order valence-corrected chi connectivity index (χ4v) is 5.77. The molecule has 214 valence electrons. The molecule has 0 radical (unpaired) electrons. The molecule has 2 aromatic rings. The lowest BCUT2D eigenvalue weighted by atomic mass is 9.95. The first kappa shape index (κ1) is 29.1. The summed E-state index contributed by atoms with van der Waals surface area (Å²) in [4.78, 5) is 31.9. The zero-order valence-electron chi connectivity index (χ0n) is 22.3. The Hall–Kier alpha value is -2.86. The maximum Gasteiger partial charge on any atom is 0.416 e. The second-order valence-corrected chi connectivity index (χ2v) is 12.0. The van der Waals surface area contributed by atoms with Crippen LogP contribution in [0.2, 0.25) is 0 Å². The predicted molar refractivity (Wildman–Crippen MR) is 139 cm³/mol. The van der Waals surface area contributed by atoms with E-state index in [1.165, 1.54) is 16.2 Å². The lowest BCUT2D eigenvalue weighted by Crippen LogP contribution is -2.46. The van der Waals surface area contributed by atoms with Gasteiger partial charge in [-0.3, -0.25) is 4.79 Å². The van der Waals surface area contributed by atoms with Crippen molar-refractivity contribution in [3.05, 3.63) is 45.2 Å². The fraction of sp³-hybridized carbons (Fsp3) is 0.593. The molecule has 1 N–H and O–H groups in total. The zero-order chi connectivity index (χ0) is 28.4. The van der Waals surface area contributed by atoms with E-state index in [-0.39, 0.29) is 29.4 Å². The van der Waals surface area contributed by atoms with E-state index in [1.54, 1.807) is 0 Å². The van der Waals surface area contributed by atoms with Gasteiger partial charge in [0.15, 0.2) is 4.80 Å². The molecule has 1 aromatic heterocycles. The molecule has 0 saturated carbocycles. The average molecular weight is 570 g/mol. The Morgan fingerprint density at radius 2 is 1.95 bits per heavy atom. The molecule has 3 heterocycles. The molecule has 39 heavy (non-hydrogen) atoms. The first-order valence-corrected chi connectivity index (χ1v) is 13.9. The topological polar surface area (TPSA) is 93.4 Å². The lowest BCUT2D eigenvalue weighted by molar-refractivity contribution is -0.137. The second kappa shape index (κ2) is 11.7. The van der Waals surface area contributed by atoms with E-state index in [9.17, 15) is 27.9 Å². The molecule has 8 nitrogen and oxygen atoms in total. The number of carbonyl (C=O) groups excluding carboxylic acids is 1. The first-order chi connectivity index (χ1) is 18.3. The SMILES string of the molecule is CC(C)(C)c1cn(C[C@H]2CCCO2)c(=NC(=O)c2cc(C(F)(F)F)ccc2OC[C@H]2CCCCN2C(=O)O)s1. The molecule has 0 aliphatic carbocycles. The van der Waals surface area contributed by atoms with Gasteiger partial charge in [-0.25, -0.2) is 4.79 Å². The van der Waals surface area contributed by atoms with E-state index in [0.717, 1.165) is 48.8 Å². The number of halogens is 3. The molecule has 2 fully saturated rings. The Balaban J connectivity index is 1.69. The second-order valence-electron chi connectivity index (χ2n) is 11.0. The van der Waals surface area contributed by atoms with Crippen molar-refractivity contribution in [2.45, 2.75) is 83.2 Å². The van der Waals surface area contributed by atoms with Gasteiger partial charge in [0.25, 0.3) is 5.91 Å². The van der Waals surface area contributed by atoms with Crippen molar-refractivity contribution >= 4 is 23.3 Å². The largest absolute Gasteiger partial charge is 0.491 e. The van der Waals surface area contributed by atoms with Gasteiger partial charge in [-0.1, -0.05) is 20.8 Å². The van der Waals surface area contributed by atoms with E-state index in [4.69, 9.17) is 9.47 Å². The molecule has 0 unspecified atom stereocenters. The highest BCUT2D eigenvalue weighted by Crippen LogP contribution is 2.33. The van der Waals surface area contributed by atoms with Gasteiger partial charge < -0.3 is 24.0 Å². The summed E-state index contributed by atoms with van der Waals surface area (Å²) in [5.74, 6) is -0.927. The van der Waals surface area contributed by atoms with Gasteiger partial charge in [0.1, 0.15) is 12.4 Å². The lowest BCUT2D eigenvalue weighted by Gasteiger charge is -2.33. The number of amides is 2. The highest BCUT2D eigenvalue weighted by Gasteiger charge is 2.33. The summed E-state index contributed by atoms with van der Waals surface area (Å²) in [6.45, 7) is 7.53. The number of carboxylic acid groups (broad SMARTS) is 1. The van der Waals surface area contributed by atoms with Gasteiger partial charge >= 0.3 is 12.3 Å². The molecule has 2 aliphatic rings. The highest BCUT2D eigenvalue weighted by molar-refractivity contribution is 7.09. The van der Waals surface area contributed by atoms with Crippen molar-refractivity contribution in [2.75, 3.05) is 19.8 Å². The molecule has 2 saturated heterocycles. The molecule has 2 aliphatic heterocycles. The van der Waals surface area contributed by atoms with Gasteiger partial charge in [-0.2, -0.15) is 18.2 Å². The van der Waals surface area contributed by atoms with Gasteiger partial charge in [0.2, 0.25) is 0 Å². The number of carbonyl (C=O) groups is 2. The maximum absolute atomic E-state index is 13.6. The normalized spacial score (nSPS) is 20.9. The van der Waals surface area contributed by atoms with Crippen LogP contribution in [0.15, 0.2) is 29.4 Å². The highest BCUT2D eigenvalue weighted by atomic mass is 32.1. The summed E-state index contributed by atoms with van der Waals surface area (Å²) in [7, 11) is 0. The standard InChI is InChI=1S/C27H34F3N3O5S/c1-26(2,3)22-15-32(14-19-8-6-12-37-19)24(39-22)31-23(34)20-13-17(27(28,29)30)9-10-21(20)38-16-18-7-4-5-11-33(18)25(35)36/h9-10,13,15,18-19H,4-8,11-12,14,16H2,1-3H3,(H,35,36)/t18-,19-/m1/s1. The third-order valence-corrected chi connectivity index (χ3v) is 8.37. The van der Waals surface area contributed by atoms with E-state index in [1.807, 2.05) is 31.5 Å². The first-order valence-electron chi connectivity index (χ1n) is 13.1. The summed E-state index contributed by atoms with van der Waals surface area (Å²) in [6, 6.07) is 2.25. The smallest absolute Gasteiger partial charge is 0.416 e. The third-order valence-electron chi connectivity index (χ3n) is 6.92. The van der Waals surface area contributed by atoms with Crippen molar-refractivity contribution in [3.63, 3.8) is 0 Å². The number of alkyl halides is 3. The van der Waals surface area contributed by atoms with Crippen molar-refractivity contribution in [2.24, 2.45) is 4.99 Å². The summed E-state index contributed by atoms with van der Waals surface area (Å²) in [6.07, 6.45) is 0.0744. The van der Waals surface area contributed by atoms with Crippen molar-refractivity contribution in [3.8, 4) is 5.75 Å². The van der Waals surface area contributed by atoms with Crippen LogP contribution in [-0.4, -0.2) is 58.5 Å². The Morgan fingerprint density at radius 1 is 1.18 bits per heavy atom. The minimum Gasteiger partial charge on any atom is -0.491 e. The molecule has 2 atom stereocenters. The number of rotatable bonds is 6. The fourth-order valence-electron chi connectivity index (χ4n) is 4.71. The number of thiazole rings is 1. The zero-order valence-corrected chi connectivity index (χ0v) is 23.1. The van der Waals surface area contributed by atoms with Crippen LogP contribution in [-0.2, 0) is 22.9 Å². The van der Waals surface area contributed by atoms with Crippen LogP contribution in [0.4, 0.5) is 18.0 Å². The number of aromatic nitrogens is 1. The third kappa shape index (κ3) is 7.21. The van der Waals surface area contributed by atoms with Crippen LogP contribution in [0, 0.1) is 0 Å². The van der Waals surface area contributed by atoms with E-state index in [0.29, 0.717) is 30.9 Å². The number of piperidine rings is 1. The Labute approximate surface area is 229 Å². The van der Waals surface area contributed by atoms with Gasteiger partial charge in [-0.05, 0) is 55.7 Å². The molecule has 0 spiro atoms. The van der Waals surface area contributed by atoms with Gasteiger partial charge in [0, 0.05) is 24.2 Å². The summed E-state index contributed by atoms with van der Waals surface area (Å²) >= 11 is 1.31. The summed E-state index contributed by atoms with van der Waals surface area (Å²) in [5, 5.41) is 9.49. The monoisotopic (exact) mass is 569 g/mol. The predicted octanol–water partition coefficient (Wildman–Crippen LogP) is 5.70. The molecular weight excluding hydrogens is 535 g/mol. The molecule has 0 bridgehead atoms. The summed E-state index contributed by atoms with van der Waals surface area (Å²) in [5.41, 5.74) is -1.54. The molecule has 1 aromatic carbocycles. The van der Waals surface area contributed by atoms with Gasteiger partial charge in [-0.15, -0.1) is 11.3 Å². The number of nitrogens with zero attached hydrogens (tertiary/aromatic N) is 3. The molecule has 2 amide bonds. The Kier molecular flexibility index (Phi) is 8.75. The van der Waals surface area contributed by atoms with Crippen molar-refractivity contribution in [1.82, 2.24) is 9.47 Å². The minimum absolute atomic E-state index is 0.0263. The van der Waals surface area contributed by atoms with Crippen molar-refractivity contribution in [1.29, 1.82) is 0 Å². The van der Waals surface area contributed by atoms with Crippen molar-refractivity contribution < 1.29 is 37.3 Å². The minimum atomic E-state index is -4.67. The number of benzene rings is 1. The number of ether oxygens (including phenoxy) is 2. The van der Waals surface area contributed by atoms with E-state index < -0.39 is 29.8 Å². The quantitative estimate of drug-likeness (QED) is 0.482. The Morgan fingerprint density at radius 3 is 2.59 bits per heavy atom. The van der Waals surface area contributed by atoms with Crippen LogP contribution in [0.3, 0.4) is 0 Å². The Bertz CT molecular complexity index is 1260. The number of likely N-dealkylation sites (tertiary alicyclic amines) is 1. The van der Waals surface area contributed by atoms with E-state index in [2.05, 4.69) is 4.99 Å². The molecule has 4 rings (SSSR count). The number of hydrogen-bond acceptors (Lipinski definition) is 5. The summed E-state index contributed by atoms with van der Waals surface area (Å²) < 4.78 is 54.1.